The second kappa shape index (κ2) is 10.9. The number of hydrogen-bond acceptors (Lipinski definition) is 2. The topological polar surface area (TPSA) is 60.4 Å². The highest BCUT2D eigenvalue weighted by molar-refractivity contribution is 7.97. The zero-order chi connectivity index (χ0) is 26.6. The second-order valence-electron chi connectivity index (χ2n) is 11.8. The van der Waals surface area contributed by atoms with Crippen LogP contribution < -0.4 is 5.11 Å². The summed E-state index contributed by atoms with van der Waals surface area (Å²) in [5, 5.41) is 15.3. The molecule has 188 valence electrons. The van der Waals surface area contributed by atoms with Crippen LogP contribution in [0.25, 0.3) is 0 Å². The van der Waals surface area contributed by atoms with E-state index in [2.05, 4.69) is 135 Å². The van der Waals surface area contributed by atoms with Crippen LogP contribution in [-0.2, 0) is 27.1 Å². The summed E-state index contributed by atoms with van der Waals surface area (Å²) >= 11 is 0. The van der Waals surface area contributed by atoms with Gasteiger partial charge in [-0.3, -0.25) is 0 Å². The fraction of sp³-hybridized carbons (Fsp3) is 0.387. The Balaban J connectivity index is 0.00000100. The summed E-state index contributed by atoms with van der Waals surface area (Å²) < 4.78 is 0. The minimum Gasteiger partial charge on any atom is -0.565 e. The molecule has 0 aliphatic rings. The van der Waals surface area contributed by atoms with Gasteiger partial charge in [0, 0.05) is 11.1 Å². The normalized spacial score (nSPS) is 12.2. The van der Waals surface area contributed by atoms with E-state index in [1.807, 2.05) is 0 Å². The van der Waals surface area contributed by atoms with Gasteiger partial charge in [0.1, 0.15) is 0 Å². The van der Waals surface area contributed by atoms with Crippen LogP contribution in [0.1, 0.15) is 79.0 Å². The largest absolute Gasteiger partial charge is 0.565 e. The van der Waals surface area contributed by atoms with E-state index in [-0.39, 0.29) is 27.1 Å². The van der Waals surface area contributed by atoms with Crippen molar-refractivity contribution < 1.29 is 15.0 Å². The molecule has 4 heteroatoms. The van der Waals surface area contributed by atoms with Crippen molar-refractivity contribution in [3.63, 3.8) is 0 Å². The van der Waals surface area contributed by atoms with Crippen LogP contribution in [0, 0.1) is 0 Å². The van der Waals surface area contributed by atoms with Crippen LogP contribution >= 0.6 is 0 Å². The van der Waals surface area contributed by atoms with E-state index >= 15 is 0 Å². The van der Waals surface area contributed by atoms with E-state index in [1.165, 1.54) is 31.4 Å². The molecule has 1 N–H and O–H groups in total. The van der Waals surface area contributed by atoms with E-state index < -0.39 is 6.16 Å². The zero-order valence-electron chi connectivity index (χ0n) is 22.6. The molecule has 3 aromatic rings. The predicted molar refractivity (Wildman–Crippen MR) is 146 cm³/mol. The Morgan fingerprint density at radius 3 is 1.23 bits per heavy atom. The van der Waals surface area contributed by atoms with Gasteiger partial charge in [-0.05, 0) is 58.2 Å². The lowest BCUT2D eigenvalue weighted by atomic mass is 9.75. The van der Waals surface area contributed by atoms with Crippen LogP contribution in [0.2, 0.25) is 0 Å². The molecule has 0 unspecified atom stereocenters. The molecule has 0 spiro atoms. The summed E-state index contributed by atoms with van der Waals surface area (Å²) in [4.78, 5) is 12.7. The van der Waals surface area contributed by atoms with Crippen LogP contribution in [-0.4, -0.2) is 11.3 Å². The van der Waals surface area contributed by atoms with Gasteiger partial charge in [0.2, 0.25) is 6.16 Å². The van der Waals surface area contributed by atoms with E-state index in [0.29, 0.717) is 0 Å². The molecular weight excluding hydrogens is 452 g/mol. The third-order valence-electron chi connectivity index (χ3n) is 5.73. The van der Waals surface area contributed by atoms with Gasteiger partial charge in [-0.15, -0.1) is 0 Å². The summed E-state index contributed by atoms with van der Waals surface area (Å²) in [6.45, 7) is 21.2. The Labute approximate surface area is 214 Å². The predicted octanol–water partition coefficient (Wildman–Crippen LogP) is 7.56. The van der Waals surface area contributed by atoms with Crippen LogP contribution in [0.3, 0.4) is 0 Å². The molecule has 0 aliphatic carbocycles. The van der Waals surface area contributed by atoms with Gasteiger partial charge in [0.15, 0.2) is 14.7 Å². The van der Waals surface area contributed by atoms with Crippen molar-refractivity contribution in [1.29, 1.82) is 0 Å². The molecule has 0 saturated carbocycles. The monoisotopic (exact) mass is 492 g/mol. The molecule has 0 bridgehead atoms. The Morgan fingerprint density at radius 1 is 0.657 bits per heavy atom. The molecule has 0 fully saturated rings. The first kappa shape index (κ1) is 28.5. The van der Waals surface area contributed by atoms with E-state index in [9.17, 15) is 0 Å². The standard InChI is InChI=1S/C30H39S.CH2O3/c1-28(2,3)22-20-25(29(4,5)6)27(26(21-22)30(7,8)9)31(23-16-12-10-13-17-23)24-18-14-11-15-19-24;2-1(3)4/h10-21H,1-9H3;(H2,2,3,4)/q+1;/p-1. The summed E-state index contributed by atoms with van der Waals surface area (Å²) in [6.07, 6.45) is -2.08. The average molecular weight is 493 g/mol. The number of hydrogen-bond donors (Lipinski definition) is 1. The maximum atomic E-state index is 8.44. The lowest BCUT2D eigenvalue weighted by Gasteiger charge is -2.32. The Kier molecular flexibility index (Phi) is 8.89. The van der Waals surface area contributed by atoms with Crippen LogP contribution in [0.4, 0.5) is 4.79 Å². The van der Waals surface area contributed by atoms with E-state index in [0.717, 1.165) is 0 Å². The Bertz CT molecular complexity index is 1040. The maximum absolute atomic E-state index is 8.44. The Morgan fingerprint density at radius 2 is 0.971 bits per heavy atom. The number of carboxylic acid groups (broad SMARTS) is 2. The van der Waals surface area contributed by atoms with Crippen LogP contribution in [0.5, 0.6) is 0 Å². The fourth-order valence-electron chi connectivity index (χ4n) is 3.88. The van der Waals surface area contributed by atoms with Crippen molar-refractivity contribution in [2.24, 2.45) is 0 Å². The smallest absolute Gasteiger partial charge is 0.249 e. The molecule has 0 saturated heterocycles. The lowest BCUT2D eigenvalue weighted by molar-refractivity contribution is -0.275. The van der Waals surface area contributed by atoms with E-state index in [4.69, 9.17) is 15.0 Å². The maximum Gasteiger partial charge on any atom is 0.249 e. The molecule has 0 radical (unpaired) electrons. The minimum absolute atomic E-state index is 0.0470. The molecule has 3 aromatic carbocycles. The van der Waals surface area contributed by atoms with Crippen molar-refractivity contribution in [2.45, 2.75) is 93.2 Å². The van der Waals surface area contributed by atoms with Gasteiger partial charge in [0.25, 0.3) is 0 Å². The molecule has 0 atom stereocenters. The highest BCUT2D eigenvalue weighted by atomic mass is 32.2. The first-order valence-corrected chi connectivity index (χ1v) is 13.2. The molecule has 35 heavy (non-hydrogen) atoms. The van der Waals surface area contributed by atoms with Crippen molar-refractivity contribution >= 4 is 17.1 Å². The third-order valence-corrected chi connectivity index (χ3v) is 8.07. The van der Waals surface area contributed by atoms with Crippen molar-refractivity contribution in [1.82, 2.24) is 0 Å². The number of benzene rings is 3. The van der Waals surface area contributed by atoms with E-state index in [1.54, 1.807) is 0 Å². The number of rotatable bonds is 3. The summed E-state index contributed by atoms with van der Waals surface area (Å²) in [5.74, 6) is 0. The van der Waals surface area contributed by atoms with Gasteiger partial charge in [0.05, 0.1) is 10.9 Å². The van der Waals surface area contributed by atoms with Crippen molar-refractivity contribution in [3.8, 4) is 0 Å². The summed E-state index contributed by atoms with van der Waals surface area (Å²) in [6, 6.07) is 27.1. The zero-order valence-corrected chi connectivity index (χ0v) is 23.4. The highest BCUT2D eigenvalue weighted by Crippen LogP contribution is 2.45. The summed E-state index contributed by atoms with van der Waals surface area (Å²) in [7, 11) is -0.166. The minimum atomic E-state index is -2.08. The second-order valence-corrected chi connectivity index (χ2v) is 13.8. The quantitative estimate of drug-likeness (QED) is 0.384. The molecule has 0 aromatic heterocycles. The number of carbonyl (C=O) groups is 1. The summed E-state index contributed by atoms with van der Waals surface area (Å²) in [5.41, 5.74) is 4.57. The average Bonchev–Trinajstić information content (AvgIpc) is 2.73. The molecule has 3 rings (SSSR count). The molecule has 0 aliphatic heterocycles. The first-order chi connectivity index (χ1) is 16.0. The van der Waals surface area contributed by atoms with Crippen LogP contribution in [0.15, 0.2) is 87.5 Å². The third kappa shape index (κ3) is 7.63. The van der Waals surface area contributed by atoms with Gasteiger partial charge in [-0.1, -0.05) is 98.7 Å². The fourth-order valence-corrected chi connectivity index (χ4v) is 6.65. The SMILES string of the molecule is CC(C)(C)c1cc(C(C)(C)C)c([S+](c2ccccc2)c2ccccc2)c(C(C)(C)C)c1.O=C([O-])O. The highest BCUT2D eigenvalue weighted by Gasteiger charge is 2.40. The first-order valence-electron chi connectivity index (χ1n) is 12.0. The lowest BCUT2D eigenvalue weighted by Crippen LogP contribution is -2.26. The molecular formula is C31H40O3S. The van der Waals surface area contributed by atoms with Gasteiger partial charge < -0.3 is 15.0 Å². The van der Waals surface area contributed by atoms with Gasteiger partial charge in [-0.2, -0.15) is 0 Å². The van der Waals surface area contributed by atoms with Crippen molar-refractivity contribution in [3.05, 3.63) is 89.5 Å². The molecule has 0 amide bonds. The van der Waals surface area contributed by atoms with Gasteiger partial charge in [-0.25, -0.2) is 0 Å². The van der Waals surface area contributed by atoms with Gasteiger partial charge >= 0.3 is 0 Å². The van der Waals surface area contributed by atoms with Crippen molar-refractivity contribution in [2.75, 3.05) is 0 Å². The Hall–Kier alpha value is -2.72. The molecule has 3 nitrogen and oxygen atoms in total. The molecule has 0 heterocycles.